The number of hydrogen-bond acceptors (Lipinski definition) is 5. The Labute approximate surface area is 135 Å². The second-order valence-electron chi connectivity index (χ2n) is 4.77. The van der Waals surface area contributed by atoms with Gasteiger partial charge in [-0.05, 0) is 18.6 Å². The summed E-state index contributed by atoms with van der Waals surface area (Å²) in [7, 11) is 2.95. The van der Waals surface area contributed by atoms with Crippen LogP contribution in [0.5, 0.6) is 5.88 Å². The van der Waals surface area contributed by atoms with E-state index >= 15 is 0 Å². The van der Waals surface area contributed by atoms with Gasteiger partial charge < -0.3 is 14.9 Å². The van der Waals surface area contributed by atoms with Crippen LogP contribution >= 0.6 is 0 Å². The zero-order valence-corrected chi connectivity index (χ0v) is 13.4. The Balaban J connectivity index is 2.28. The molecule has 1 N–H and O–H groups in total. The lowest BCUT2D eigenvalue weighted by Gasteiger charge is -2.12. The van der Waals surface area contributed by atoms with Crippen molar-refractivity contribution in [3.63, 3.8) is 0 Å². The van der Waals surface area contributed by atoms with Crippen LogP contribution in [0.3, 0.4) is 0 Å². The van der Waals surface area contributed by atoms with Crippen molar-refractivity contribution in [2.45, 2.75) is 13.5 Å². The molecule has 6 heteroatoms. The zero-order chi connectivity index (χ0) is 16.7. The number of likely N-dealkylation sites (N-methyl/N-ethyl adjacent to an activating group) is 1. The number of ether oxygens (including phenoxy) is 1. The van der Waals surface area contributed by atoms with Gasteiger partial charge >= 0.3 is 0 Å². The van der Waals surface area contributed by atoms with Gasteiger partial charge in [0.1, 0.15) is 13.7 Å². The lowest BCUT2D eigenvalue weighted by Crippen LogP contribution is -2.29. The number of amides is 1. The minimum absolute atomic E-state index is 0.201. The van der Waals surface area contributed by atoms with E-state index in [0.29, 0.717) is 11.4 Å². The summed E-state index contributed by atoms with van der Waals surface area (Å²) in [6, 6.07) is 11.2. The van der Waals surface area contributed by atoms with Crippen LogP contribution in [-0.2, 0) is 16.2 Å². The van der Waals surface area contributed by atoms with E-state index in [-0.39, 0.29) is 18.2 Å². The average Bonchev–Trinajstić information content (AvgIpc) is 2.59. The highest BCUT2D eigenvalue weighted by atomic mass is 16.6. The first-order valence-electron chi connectivity index (χ1n) is 7.13. The summed E-state index contributed by atoms with van der Waals surface area (Å²) in [4.78, 5) is 21.0. The Kier molecular flexibility index (Phi) is 5.68. The summed E-state index contributed by atoms with van der Waals surface area (Å²) < 4.78 is 5.77. The molecule has 0 bridgehead atoms. The molecule has 0 radical (unpaired) electrons. The molecule has 0 saturated carbocycles. The molecule has 0 saturated heterocycles. The summed E-state index contributed by atoms with van der Waals surface area (Å²) >= 11 is 0. The van der Waals surface area contributed by atoms with Gasteiger partial charge in [-0.25, -0.2) is 4.98 Å². The van der Waals surface area contributed by atoms with Crippen LogP contribution < -0.4 is 10.1 Å². The quantitative estimate of drug-likeness (QED) is 0.654. The number of carbonyl (C=O) groups is 1. The first-order valence-corrected chi connectivity index (χ1v) is 7.13. The van der Waals surface area contributed by atoms with Crippen molar-refractivity contribution in [1.82, 2.24) is 10.3 Å². The van der Waals surface area contributed by atoms with E-state index < -0.39 is 0 Å². The maximum Gasteiger partial charge on any atom is 0.273 e. The summed E-state index contributed by atoms with van der Waals surface area (Å²) in [5.41, 5.74) is 2.62. The molecule has 1 aromatic carbocycles. The summed E-state index contributed by atoms with van der Waals surface area (Å²) in [5, 5.41) is 6.39. The molecule has 23 heavy (non-hydrogen) atoms. The molecule has 0 spiro atoms. The minimum Gasteiger partial charge on any atom is -0.473 e. The lowest BCUT2D eigenvalue weighted by molar-refractivity contribution is -0.114. The van der Waals surface area contributed by atoms with Crippen LogP contribution in [0.1, 0.15) is 16.7 Å². The fourth-order valence-electron chi connectivity index (χ4n) is 2.07. The number of pyridine rings is 1. The van der Waals surface area contributed by atoms with Crippen LogP contribution in [0.25, 0.3) is 0 Å². The van der Waals surface area contributed by atoms with Crippen molar-refractivity contribution in [2.24, 2.45) is 5.16 Å². The Bertz CT molecular complexity index is 714. The van der Waals surface area contributed by atoms with E-state index in [9.17, 15) is 4.79 Å². The van der Waals surface area contributed by atoms with Crippen molar-refractivity contribution in [2.75, 3.05) is 14.2 Å². The van der Waals surface area contributed by atoms with Crippen molar-refractivity contribution in [3.8, 4) is 5.88 Å². The molecular formula is C17H19N3O3. The number of aryl methyl sites for hydroxylation is 1. The molecule has 0 fully saturated rings. The third-order valence-corrected chi connectivity index (χ3v) is 3.22. The number of aromatic nitrogens is 1. The monoisotopic (exact) mass is 313 g/mol. The van der Waals surface area contributed by atoms with Crippen LogP contribution in [-0.4, -0.2) is 30.8 Å². The minimum atomic E-state index is -0.326. The highest BCUT2D eigenvalue weighted by molar-refractivity contribution is 6.45. The fourth-order valence-corrected chi connectivity index (χ4v) is 2.07. The Morgan fingerprint density at radius 3 is 2.74 bits per heavy atom. The van der Waals surface area contributed by atoms with Crippen molar-refractivity contribution >= 4 is 11.6 Å². The molecule has 120 valence electrons. The molecule has 1 heterocycles. The van der Waals surface area contributed by atoms with Crippen molar-refractivity contribution in [3.05, 3.63) is 59.3 Å². The second-order valence-corrected chi connectivity index (χ2v) is 4.77. The molecule has 2 rings (SSSR count). The van der Waals surface area contributed by atoms with E-state index in [0.717, 1.165) is 11.1 Å². The number of nitrogens with one attached hydrogen (secondary N) is 1. The van der Waals surface area contributed by atoms with Gasteiger partial charge in [0, 0.05) is 24.4 Å². The smallest absolute Gasteiger partial charge is 0.273 e. The largest absolute Gasteiger partial charge is 0.473 e. The van der Waals surface area contributed by atoms with Crippen LogP contribution in [0.4, 0.5) is 0 Å². The molecule has 0 atom stereocenters. The molecule has 2 aromatic rings. The number of oxime groups is 1. The van der Waals surface area contributed by atoms with Crippen molar-refractivity contribution in [1.29, 1.82) is 0 Å². The Morgan fingerprint density at radius 1 is 1.26 bits per heavy atom. The van der Waals surface area contributed by atoms with Gasteiger partial charge in [0.05, 0.1) is 0 Å². The third kappa shape index (κ3) is 4.06. The molecule has 1 aromatic heterocycles. The number of hydrogen-bond donors (Lipinski definition) is 1. The zero-order valence-electron chi connectivity index (χ0n) is 13.4. The van der Waals surface area contributed by atoms with Gasteiger partial charge in [-0.15, -0.1) is 0 Å². The van der Waals surface area contributed by atoms with E-state index in [2.05, 4.69) is 15.5 Å². The van der Waals surface area contributed by atoms with Gasteiger partial charge in [0.15, 0.2) is 5.71 Å². The molecular weight excluding hydrogens is 294 g/mol. The average molecular weight is 313 g/mol. The first kappa shape index (κ1) is 16.5. The fraction of sp³-hybridized carbons (Fsp3) is 0.235. The van der Waals surface area contributed by atoms with E-state index in [1.165, 1.54) is 7.11 Å². The van der Waals surface area contributed by atoms with E-state index in [4.69, 9.17) is 9.57 Å². The number of nitrogens with zero attached hydrogens (tertiary/aromatic N) is 2. The first-order chi connectivity index (χ1) is 11.2. The normalized spacial score (nSPS) is 11.0. The molecule has 0 aliphatic rings. The van der Waals surface area contributed by atoms with Crippen LogP contribution in [0.15, 0.2) is 47.8 Å². The van der Waals surface area contributed by atoms with Gasteiger partial charge in [-0.3, -0.25) is 4.79 Å². The summed E-state index contributed by atoms with van der Waals surface area (Å²) in [5.74, 6) is 0.237. The van der Waals surface area contributed by atoms with Crippen LogP contribution in [0, 0.1) is 6.92 Å². The number of carbonyl (C=O) groups excluding carboxylic acids is 1. The SMILES string of the molecule is CNC(=O)/C(=N/OC)c1ccccc1COc1ncccc1C. The predicted molar refractivity (Wildman–Crippen MR) is 87.4 cm³/mol. The van der Waals surface area contributed by atoms with E-state index in [1.54, 1.807) is 19.3 Å². The molecule has 6 nitrogen and oxygen atoms in total. The van der Waals surface area contributed by atoms with Gasteiger partial charge in [-0.2, -0.15) is 0 Å². The summed E-state index contributed by atoms with van der Waals surface area (Å²) in [6.45, 7) is 2.20. The Morgan fingerprint density at radius 2 is 2.04 bits per heavy atom. The third-order valence-electron chi connectivity index (χ3n) is 3.22. The standard InChI is InChI=1S/C17H19N3O3/c1-12-7-6-10-19-17(12)23-11-13-8-4-5-9-14(13)15(20-22-3)16(21)18-2/h4-10H,11H2,1-3H3,(H,18,21)/b20-15+. The second kappa shape index (κ2) is 7.93. The molecule has 0 aliphatic carbocycles. The van der Waals surface area contributed by atoms with E-state index in [1.807, 2.05) is 37.3 Å². The highest BCUT2D eigenvalue weighted by Gasteiger charge is 2.17. The van der Waals surface area contributed by atoms with Crippen LogP contribution in [0.2, 0.25) is 0 Å². The maximum atomic E-state index is 12.0. The predicted octanol–water partition coefficient (Wildman–Crippen LogP) is 2.07. The van der Waals surface area contributed by atoms with Crippen molar-refractivity contribution < 1.29 is 14.4 Å². The molecule has 0 aliphatic heterocycles. The molecule has 1 amide bonds. The lowest BCUT2D eigenvalue weighted by atomic mass is 10.0. The van der Waals surface area contributed by atoms with Gasteiger partial charge in [0.2, 0.25) is 5.88 Å². The highest BCUT2D eigenvalue weighted by Crippen LogP contribution is 2.17. The van der Waals surface area contributed by atoms with Gasteiger partial charge in [0.25, 0.3) is 5.91 Å². The Hall–Kier alpha value is -2.89. The molecule has 0 unspecified atom stereocenters. The summed E-state index contributed by atoms with van der Waals surface area (Å²) in [6.07, 6.45) is 1.68. The topological polar surface area (TPSA) is 72.8 Å². The van der Waals surface area contributed by atoms with Gasteiger partial charge in [-0.1, -0.05) is 35.5 Å². The number of benzene rings is 1. The number of rotatable bonds is 6. The maximum absolute atomic E-state index is 12.0.